The third-order valence-electron chi connectivity index (χ3n) is 2.08. The number of rotatable bonds is 1. The summed E-state index contributed by atoms with van der Waals surface area (Å²) in [7, 11) is -3.46. The van der Waals surface area contributed by atoms with Crippen molar-refractivity contribution in [3.05, 3.63) is 40.7 Å². The highest BCUT2D eigenvalue weighted by atomic mass is 32.2. The molecular formula is C9H7NO5S. The molecule has 0 aromatic heterocycles. The van der Waals surface area contributed by atoms with Gasteiger partial charge < -0.3 is 4.74 Å². The van der Waals surface area contributed by atoms with E-state index in [1.165, 1.54) is 18.4 Å². The number of non-ortho nitro benzene ring substituents is 1. The van der Waals surface area contributed by atoms with Gasteiger partial charge in [0, 0.05) is 6.07 Å². The van der Waals surface area contributed by atoms with Gasteiger partial charge >= 0.3 is 0 Å². The van der Waals surface area contributed by atoms with Gasteiger partial charge in [0.1, 0.15) is 4.90 Å². The zero-order chi connectivity index (χ0) is 11.8. The van der Waals surface area contributed by atoms with E-state index >= 15 is 0 Å². The monoisotopic (exact) mass is 241 g/mol. The van der Waals surface area contributed by atoms with Crippen LogP contribution in [0.25, 0.3) is 0 Å². The Bertz CT molecular complexity index is 576. The molecule has 0 N–H and O–H groups in total. The molecule has 2 rings (SSSR count). The number of benzene rings is 1. The summed E-state index contributed by atoms with van der Waals surface area (Å²) in [6, 6.07) is 3.43. The van der Waals surface area contributed by atoms with Crippen molar-refractivity contribution < 1.29 is 18.1 Å². The summed E-state index contributed by atoms with van der Waals surface area (Å²) >= 11 is 0. The predicted octanol–water partition coefficient (Wildman–Crippen LogP) is 1.27. The average Bonchev–Trinajstić information content (AvgIpc) is 2.37. The molecule has 0 saturated carbocycles. The van der Waals surface area contributed by atoms with E-state index in [0.717, 1.165) is 12.1 Å². The van der Waals surface area contributed by atoms with Crippen LogP contribution in [0.1, 0.15) is 0 Å². The van der Waals surface area contributed by atoms with Gasteiger partial charge in [0.15, 0.2) is 15.6 Å². The van der Waals surface area contributed by atoms with Crippen LogP contribution in [0.4, 0.5) is 5.69 Å². The molecule has 1 aromatic carbocycles. The SMILES string of the molecule is O=[N+]([O-])c1ccc2c(c1)OC=CCS2(=O)=O. The second kappa shape index (κ2) is 3.60. The molecule has 0 amide bonds. The van der Waals surface area contributed by atoms with E-state index in [1.807, 2.05) is 0 Å². The Hall–Kier alpha value is -1.89. The van der Waals surface area contributed by atoms with Crippen LogP contribution in [-0.4, -0.2) is 19.1 Å². The van der Waals surface area contributed by atoms with E-state index in [9.17, 15) is 18.5 Å². The summed E-state index contributed by atoms with van der Waals surface area (Å²) in [6.45, 7) is 0. The van der Waals surface area contributed by atoms with Crippen molar-refractivity contribution in [3.63, 3.8) is 0 Å². The van der Waals surface area contributed by atoms with Crippen LogP contribution in [0.5, 0.6) is 5.75 Å². The highest BCUT2D eigenvalue weighted by Gasteiger charge is 2.23. The molecule has 0 atom stereocenters. The Labute approximate surface area is 91.2 Å². The molecule has 0 bridgehead atoms. The summed E-state index contributed by atoms with van der Waals surface area (Å²) in [5, 5.41) is 10.5. The van der Waals surface area contributed by atoms with E-state index in [-0.39, 0.29) is 22.1 Å². The van der Waals surface area contributed by atoms with Crippen molar-refractivity contribution in [1.29, 1.82) is 0 Å². The summed E-state index contributed by atoms with van der Waals surface area (Å²) in [4.78, 5) is 9.89. The maximum absolute atomic E-state index is 11.7. The molecule has 0 spiro atoms. The Morgan fingerprint density at radius 1 is 1.38 bits per heavy atom. The number of sulfone groups is 1. The van der Waals surface area contributed by atoms with Gasteiger partial charge in [-0.1, -0.05) is 0 Å². The molecule has 1 aromatic rings. The third kappa shape index (κ3) is 1.76. The lowest BCUT2D eigenvalue weighted by molar-refractivity contribution is -0.385. The van der Waals surface area contributed by atoms with Crippen molar-refractivity contribution in [2.24, 2.45) is 0 Å². The van der Waals surface area contributed by atoms with E-state index < -0.39 is 14.8 Å². The van der Waals surface area contributed by atoms with Crippen LogP contribution >= 0.6 is 0 Å². The Morgan fingerprint density at radius 3 is 2.81 bits per heavy atom. The van der Waals surface area contributed by atoms with Crippen LogP contribution in [0.15, 0.2) is 35.4 Å². The lowest BCUT2D eigenvalue weighted by atomic mass is 10.3. The lowest BCUT2D eigenvalue weighted by Gasteiger charge is -2.04. The number of nitro groups is 1. The average molecular weight is 241 g/mol. The quantitative estimate of drug-likeness (QED) is 0.546. The molecule has 6 nitrogen and oxygen atoms in total. The number of fused-ring (bicyclic) bond motifs is 1. The minimum atomic E-state index is -3.46. The molecule has 0 unspecified atom stereocenters. The van der Waals surface area contributed by atoms with Crippen LogP contribution in [0, 0.1) is 10.1 Å². The molecule has 0 radical (unpaired) electrons. The van der Waals surface area contributed by atoms with Crippen molar-refractivity contribution in [2.45, 2.75) is 4.90 Å². The number of nitro benzene ring substituents is 1. The van der Waals surface area contributed by atoms with Gasteiger partial charge in [-0.15, -0.1) is 0 Å². The molecule has 0 saturated heterocycles. The molecular weight excluding hydrogens is 234 g/mol. The zero-order valence-corrected chi connectivity index (χ0v) is 8.81. The summed E-state index contributed by atoms with van der Waals surface area (Å²) in [5.74, 6) is -0.180. The topological polar surface area (TPSA) is 86.5 Å². The first kappa shape index (κ1) is 10.6. The van der Waals surface area contributed by atoms with E-state index in [4.69, 9.17) is 4.74 Å². The lowest BCUT2D eigenvalue weighted by Crippen LogP contribution is -2.04. The highest BCUT2D eigenvalue weighted by molar-refractivity contribution is 7.91. The minimum absolute atomic E-state index is 0.0112. The van der Waals surface area contributed by atoms with Crippen LogP contribution in [-0.2, 0) is 9.84 Å². The number of ether oxygens (including phenoxy) is 1. The molecule has 1 aliphatic heterocycles. The summed E-state index contributed by atoms with van der Waals surface area (Å²) in [5.41, 5.74) is -0.204. The van der Waals surface area contributed by atoms with Crippen molar-refractivity contribution in [1.82, 2.24) is 0 Å². The van der Waals surface area contributed by atoms with Crippen molar-refractivity contribution >= 4 is 15.5 Å². The van der Waals surface area contributed by atoms with Gasteiger partial charge in [-0.3, -0.25) is 10.1 Å². The maximum atomic E-state index is 11.7. The molecule has 0 fully saturated rings. The van der Waals surface area contributed by atoms with Gasteiger partial charge in [0.25, 0.3) is 5.69 Å². The fraction of sp³-hybridized carbons (Fsp3) is 0.111. The normalized spacial score (nSPS) is 17.0. The predicted molar refractivity (Wildman–Crippen MR) is 54.9 cm³/mol. The van der Waals surface area contributed by atoms with Gasteiger partial charge in [-0.25, -0.2) is 8.42 Å². The van der Waals surface area contributed by atoms with Crippen LogP contribution in [0.2, 0.25) is 0 Å². The molecule has 16 heavy (non-hydrogen) atoms. The number of nitrogens with zero attached hydrogens (tertiary/aromatic N) is 1. The van der Waals surface area contributed by atoms with E-state index in [2.05, 4.69) is 0 Å². The third-order valence-corrected chi connectivity index (χ3v) is 3.72. The summed E-state index contributed by atoms with van der Waals surface area (Å²) < 4.78 is 28.4. The van der Waals surface area contributed by atoms with E-state index in [0.29, 0.717) is 0 Å². The first-order valence-electron chi connectivity index (χ1n) is 4.33. The van der Waals surface area contributed by atoms with Crippen molar-refractivity contribution in [2.75, 3.05) is 5.75 Å². The smallest absolute Gasteiger partial charge is 0.273 e. The van der Waals surface area contributed by atoms with Gasteiger partial charge in [-0.2, -0.15) is 0 Å². The number of hydrogen-bond donors (Lipinski definition) is 0. The zero-order valence-electron chi connectivity index (χ0n) is 7.99. The van der Waals surface area contributed by atoms with Crippen molar-refractivity contribution in [3.8, 4) is 5.75 Å². The van der Waals surface area contributed by atoms with Crippen LogP contribution < -0.4 is 4.74 Å². The first-order valence-corrected chi connectivity index (χ1v) is 5.99. The molecule has 1 heterocycles. The van der Waals surface area contributed by atoms with Gasteiger partial charge in [0.2, 0.25) is 0 Å². The van der Waals surface area contributed by atoms with E-state index in [1.54, 1.807) is 0 Å². The minimum Gasteiger partial charge on any atom is -0.464 e. The molecule has 0 aliphatic carbocycles. The Morgan fingerprint density at radius 2 is 2.12 bits per heavy atom. The van der Waals surface area contributed by atoms with Crippen LogP contribution in [0.3, 0.4) is 0 Å². The largest absolute Gasteiger partial charge is 0.464 e. The highest BCUT2D eigenvalue weighted by Crippen LogP contribution is 2.30. The second-order valence-electron chi connectivity index (χ2n) is 3.16. The fourth-order valence-corrected chi connectivity index (χ4v) is 2.54. The number of hydrogen-bond acceptors (Lipinski definition) is 5. The summed E-state index contributed by atoms with van der Waals surface area (Å²) in [6.07, 6.45) is 2.56. The Balaban J connectivity index is 2.63. The Kier molecular flexibility index (Phi) is 2.39. The standard InChI is InChI=1S/C9H7NO5S/c11-10(12)7-2-3-9-8(6-7)15-4-1-5-16(9,13)14/h1-4,6H,5H2. The molecule has 7 heteroatoms. The molecule has 1 aliphatic rings. The molecule has 84 valence electrons. The maximum Gasteiger partial charge on any atom is 0.273 e. The second-order valence-corrected chi connectivity index (χ2v) is 5.16. The fourth-order valence-electron chi connectivity index (χ4n) is 1.34. The van der Waals surface area contributed by atoms with Gasteiger partial charge in [-0.05, 0) is 12.1 Å². The van der Waals surface area contributed by atoms with Gasteiger partial charge in [0.05, 0.1) is 23.0 Å². The first-order chi connectivity index (χ1) is 7.50.